The maximum Gasteiger partial charge on any atom is 0.264 e. The Labute approximate surface area is 211 Å². The molecular formula is C27H30FN3O4S. The van der Waals surface area contributed by atoms with Crippen LogP contribution in [0.2, 0.25) is 0 Å². The van der Waals surface area contributed by atoms with Crippen LogP contribution in [-0.4, -0.2) is 44.8 Å². The predicted molar refractivity (Wildman–Crippen MR) is 137 cm³/mol. The van der Waals surface area contributed by atoms with Crippen molar-refractivity contribution in [3.05, 3.63) is 95.3 Å². The average Bonchev–Trinajstić information content (AvgIpc) is 2.86. The molecule has 3 aromatic carbocycles. The molecule has 3 aromatic rings. The van der Waals surface area contributed by atoms with E-state index in [1.165, 1.54) is 48.3 Å². The van der Waals surface area contributed by atoms with Crippen molar-refractivity contribution in [1.82, 2.24) is 10.2 Å². The van der Waals surface area contributed by atoms with Gasteiger partial charge in [0.1, 0.15) is 18.4 Å². The van der Waals surface area contributed by atoms with Crippen molar-refractivity contribution in [3.63, 3.8) is 0 Å². The van der Waals surface area contributed by atoms with Crippen LogP contribution in [0.5, 0.6) is 0 Å². The fourth-order valence-corrected chi connectivity index (χ4v) is 5.25. The van der Waals surface area contributed by atoms with Crippen LogP contribution in [0.25, 0.3) is 0 Å². The number of amides is 2. The number of carbonyl (C=O) groups is 2. The Morgan fingerprint density at radius 3 is 2.14 bits per heavy atom. The summed E-state index contributed by atoms with van der Waals surface area (Å²) >= 11 is 0. The number of nitrogens with one attached hydrogen (secondary N) is 1. The van der Waals surface area contributed by atoms with E-state index in [1.54, 1.807) is 50.2 Å². The third-order valence-electron chi connectivity index (χ3n) is 5.95. The lowest BCUT2D eigenvalue weighted by Gasteiger charge is -2.32. The van der Waals surface area contributed by atoms with Gasteiger partial charge in [-0.1, -0.05) is 48.0 Å². The lowest BCUT2D eigenvalue weighted by atomic mass is 10.1. The molecule has 0 fully saturated rings. The maximum absolute atomic E-state index is 13.7. The van der Waals surface area contributed by atoms with Crippen molar-refractivity contribution in [1.29, 1.82) is 0 Å². The fraction of sp³-hybridized carbons (Fsp3) is 0.259. The van der Waals surface area contributed by atoms with Crippen LogP contribution < -0.4 is 9.62 Å². The molecule has 0 heterocycles. The predicted octanol–water partition coefficient (Wildman–Crippen LogP) is 3.80. The van der Waals surface area contributed by atoms with Gasteiger partial charge in [0, 0.05) is 13.6 Å². The third-order valence-corrected chi connectivity index (χ3v) is 7.73. The molecule has 7 nitrogen and oxygen atoms in total. The molecule has 2 amide bonds. The molecular weight excluding hydrogens is 481 g/mol. The smallest absolute Gasteiger partial charge is 0.264 e. The minimum atomic E-state index is -4.12. The van der Waals surface area contributed by atoms with E-state index in [0.717, 1.165) is 9.87 Å². The van der Waals surface area contributed by atoms with Crippen LogP contribution in [0.15, 0.2) is 77.7 Å². The topological polar surface area (TPSA) is 86.8 Å². The van der Waals surface area contributed by atoms with Gasteiger partial charge in [-0.2, -0.15) is 0 Å². The van der Waals surface area contributed by atoms with Crippen molar-refractivity contribution >= 4 is 27.5 Å². The molecule has 0 aromatic heterocycles. The van der Waals surface area contributed by atoms with Gasteiger partial charge in [0.2, 0.25) is 11.8 Å². The lowest BCUT2D eigenvalue weighted by Crippen LogP contribution is -2.50. The molecule has 0 radical (unpaired) electrons. The molecule has 190 valence electrons. The lowest BCUT2D eigenvalue weighted by molar-refractivity contribution is -0.139. The van der Waals surface area contributed by atoms with Crippen molar-refractivity contribution in [2.24, 2.45) is 0 Å². The van der Waals surface area contributed by atoms with Gasteiger partial charge in [0.15, 0.2) is 0 Å². The number of rotatable bonds is 9. The first-order chi connectivity index (χ1) is 17.0. The first-order valence-corrected chi connectivity index (χ1v) is 12.9. The average molecular weight is 512 g/mol. The highest BCUT2D eigenvalue weighted by molar-refractivity contribution is 7.92. The van der Waals surface area contributed by atoms with Gasteiger partial charge >= 0.3 is 0 Å². The fourth-order valence-electron chi connectivity index (χ4n) is 3.77. The second-order valence-corrected chi connectivity index (χ2v) is 10.4. The van der Waals surface area contributed by atoms with E-state index in [9.17, 15) is 22.4 Å². The molecule has 0 unspecified atom stereocenters. The molecule has 0 saturated heterocycles. The molecule has 0 aliphatic carbocycles. The Balaban J connectivity index is 2.04. The van der Waals surface area contributed by atoms with E-state index in [1.807, 2.05) is 6.92 Å². The zero-order chi connectivity index (χ0) is 26.5. The number of sulfonamides is 1. The van der Waals surface area contributed by atoms with Gasteiger partial charge in [0.25, 0.3) is 10.0 Å². The normalized spacial score (nSPS) is 12.0. The molecule has 0 saturated carbocycles. The van der Waals surface area contributed by atoms with E-state index < -0.39 is 40.2 Å². The molecule has 0 aliphatic rings. The van der Waals surface area contributed by atoms with Gasteiger partial charge in [-0.15, -0.1) is 0 Å². The first-order valence-electron chi connectivity index (χ1n) is 11.4. The molecule has 3 rings (SSSR count). The number of halogens is 1. The number of hydrogen-bond acceptors (Lipinski definition) is 4. The SMILES string of the molecule is CNC(=O)[C@H](C)N(Cc1ccc(F)cc1)C(=O)CN(c1ccccc1C)S(=O)(=O)c1ccc(C)cc1. The Morgan fingerprint density at radius 2 is 1.56 bits per heavy atom. The summed E-state index contributed by atoms with van der Waals surface area (Å²) in [6.07, 6.45) is 0. The summed E-state index contributed by atoms with van der Waals surface area (Å²) in [5.74, 6) is -1.41. The summed E-state index contributed by atoms with van der Waals surface area (Å²) in [5.41, 5.74) is 2.54. The van der Waals surface area contributed by atoms with Gasteiger partial charge in [0.05, 0.1) is 10.6 Å². The Kier molecular flexibility index (Phi) is 8.47. The number of aryl methyl sites for hydroxylation is 2. The monoisotopic (exact) mass is 511 g/mol. The summed E-state index contributed by atoms with van der Waals surface area (Å²) in [5, 5.41) is 2.53. The highest BCUT2D eigenvalue weighted by Gasteiger charge is 2.32. The summed E-state index contributed by atoms with van der Waals surface area (Å²) in [4.78, 5) is 27.5. The molecule has 9 heteroatoms. The van der Waals surface area contributed by atoms with Gasteiger partial charge in [-0.25, -0.2) is 12.8 Å². The molecule has 0 spiro atoms. The maximum atomic E-state index is 13.7. The zero-order valence-corrected chi connectivity index (χ0v) is 21.5. The van der Waals surface area contributed by atoms with Crippen LogP contribution in [0.4, 0.5) is 10.1 Å². The Bertz CT molecular complexity index is 1330. The van der Waals surface area contributed by atoms with E-state index in [4.69, 9.17) is 0 Å². The molecule has 1 atom stereocenters. The quantitative estimate of drug-likeness (QED) is 0.474. The number of hydrogen-bond donors (Lipinski definition) is 1. The second-order valence-electron chi connectivity index (χ2n) is 8.55. The van der Waals surface area contributed by atoms with Crippen LogP contribution in [0.1, 0.15) is 23.6 Å². The minimum Gasteiger partial charge on any atom is -0.357 e. The summed E-state index contributed by atoms with van der Waals surface area (Å²) < 4.78 is 42.0. The van der Waals surface area contributed by atoms with Crippen molar-refractivity contribution in [2.45, 2.75) is 38.3 Å². The van der Waals surface area contributed by atoms with E-state index >= 15 is 0 Å². The van der Waals surface area contributed by atoms with E-state index in [-0.39, 0.29) is 11.4 Å². The molecule has 0 aliphatic heterocycles. The van der Waals surface area contributed by atoms with Gasteiger partial charge in [-0.3, -0.25) is 13.9 Å². The Hall–Kier alpha value is -3.72. The van der Waals surface area contributed by atoms with Crippen molar-refractivity contribution < 1.29 is 22.4 Å². The number of anilines is 1. The van der Waals surface area contributed by atoms with Crippen LogP contribution in [-0.2, 0) is 26.2 Å². The number of likely N-dealkylation sites (N-methyl/N-ethyl adjacent to an activating group) is 1. The summed E-state index contributed by atoms with van der Waals surface area (Å²) in [7, 11) is -2.66. The third kappa shape index (κ3) is 6.09. The second kappa shape index (κ2) is 11.3. The molecule has 36 heavy (non-hydrogen) atoms. The Morgan fingerprint density at radius 1 is 0.944 bits per heavy atom. The van der Waals surface area contributed by atoms with Gasteiger partial charge < -0.3 is 10.2 Å². The van der Waals surface area contributed by atoms with Crippen molar-refractivity contribution in [2.75, 3.05) is 17.9 Å². The number of carbonyl (C=O) groups excluding carboxylic acids is 2. The number of nitrogens with zero attached hydrogens (tertiary/aromatic N) is 2. The highest BCUT2D eigenvalue weighted by Crippen LogP contribution is 2.27. The molecule has 1 N–H and O–H groups in total. The van der Waals surface area contributed by atoms with E-state index in [2.05, 4.69) is 5.32 Å². The number of para-hydroxylation sites is 1. The first kappa shape index (κ1) is 26.9. The van der Waals surface area contributed by atoms with Crippen molar-refractivity contribution in [3.8, 4) is 0 Å². The van der Waals surface area contributed by atoms with Crippen LogP contribution >= 0.6 is 0 Å². The minimum absolute atomic E-state index is 0.000108. The largest absolute Gasteiger partial charge is 0.357 e. The van der Waals surface area contributed by atoms with Crippen LogP contribution in [0.3, 0.4) is 0 Å². The molecule has 0 bridgehead atoms. The van der Waals surface area contributed by atoms with E-state index in [0.29, 0.717) is 16.8 Å². The van der Waals surface area contributed by atoms with Gasteiger partial charge in [-0.05, 0) is 62.2 Å². The number of benzene rings is 3. The summed E-state index contributed by atoms with van der Waals surface area (Å²) in [6, 6.07) is 18.0. The summed E-state index contributed by atoms with van der Waals surface area (Å²) in [6.45, 7) is 4.66. The zero-order valence-electron chi connectivity index (χ0n) is 20.7. The highest BCUT2D eigenvalue weighted by atomic mass is 32.2. The standard InChI is InChI=1S/C27H30FN3O4S/c1-19-9-15-24(16-10-19)36(34,35)31(25-8-6-5-7-20(25)2)18-26(32)30(21(3)27(33)29-4)17-22-11-13-23(28)14-12-22/h5-16,21H,17-18H2,1-4H3,(H,29,33)/t21-/m0/s1. The van der Waals surface area contributed by atoms with Crippen LogP contribution in [0, 0.1) is 19.7 Å².